The highest BCUT2D eigenvalue weighted by molar-refractivity contribution is 7.21. The van der Waals surface area contributed by atoms with Gasteiger partial charge in [0.05, 0.1) is 16.8 Å². The normalized spacial score (nSPS) is 12.4. The second-order valence-corrected chi connectivity index (χ2v) is 5.54. The van der Waals surface area contributed by atoms with E-state index in [1.165, 1.54) is 18.4 Å². The van der Waals surface area contributed by atoms with E-state index in [4.69, 9.17) is 5.73 Å². The van der Waals surface area contributed by atoms with E-state index in [-0.39, 0.29) is 11.8 Å². The van der Waals surface area contributed by atoms with Crippen molar-refractivity contribution in [3.63, 3.8) is 0 Å². The smallest absolute Gasteiger partial charge is 0.264 e. The molecule has 2 rings (SSSR count). The van der Waals surface area contributed by atoms with E-state index in [9.17, 15) is 9.59 Å². The average molecular weight is 295 g/mol. The molecule has 2 amide bonds. The Kier molecular flexibility index (Phi) is 3.67. The topological polar surface area (TPSA) is 102 Å². The van der Waals surface area contributed by atoms with E-state index in [2.05, 4.69) is 15.7 Å². The van der Waals surface area contributed by atoms with Crippen molar-refractivity contribution in [3.05, 3.63) is 10.6 Å². The maximum Gasteiger partial charge on any atom is 0.264 e. The van der Waals surface area contributed by atoms with Gasteiger partial charge in [0.1, 0.15) is 15.7 Å². The number of nitrogens with one attached hydrogen (secondary N) is 2. The van der Waals surface area contributed by atoms with Crippen molar-refractivity contribution in [2.45, 2.75) is 19.9 Å². The predicted octanol–water partition coefficient (Wildman–Crippen LogP) is 0.390. The van der Waals surface area contributed by atoms with E-state index in [1.807, 2.05) is 6.92 Å². The van der Waals surface area contributed by atoms with Crippen LogP contribution in [0.25, 0.3) is 10.2 Å². The number of nitrogens with zero attached hydrogens (tertiary/aromatic N) is 2. The van der Waals surface area contributed by atoms with Gasteiger partial charge in [0.15, 0.2) is 0 Å². The minimum Gasteiger partial charge on any atom is -0.397 e. The van der Waals surface area contributed by atoms with Gasteiger partial charge in [0, 0.05) is 14.1 Å². The molecule has 0 aromatic carbocycles. The van der Waals surface area contributed by atoms with E-state index >= 15 is 0 Å². The van der Waals surface area contributed by atoms with Gasteiger partial charge in [-0.3, -0.25) is 14.3 Å². The second-order valence-electron chi connectivity index (χ2n) is 4.54. The number of thiophene rings is 1. The van der Waals surface area contributed by atoms with Gasteiger partial charge in [-0.15, -0.1) is 11.3 Å². The minimum absolute atomic E-state index is 0.254. The number of hydrogen-bond acceptors (Lipinski definition) is 5. The van der Waals surface area contributed by atoms with Crippen LogP contribution < -0.4 is 16.4 Å². The zero-order valence-corrected chi connectivity index (χ0v) is 12.6. The van der Waals surface area contributed by atoms with Gasteiger partial charge >= 0.3 is 0 Å². The number of amides is 2. The number of carbonyl (C=O) groups is 2. The van der Waals surface area contributed by atoms with Gasteiger partial charge in [0.2, 0.25) is 5.91 Å². The number of likely N-dealkylation sites (N-methyl/N-ethyl adjacent to an activating group) is 1. The summed E-state index contributed by atoms with van der Waals surface area (Å²) in [6, 6.07) is -0.615. The first-order chi connectivity index (χ1) is 9.36. The van der Waals surface area contributed by atoms with Crippen molar-refractivity contribution in [3.8, 4) is 0 Å². The van der Waals surface area contributed by atoms with Gasteiger partial charge in [-0.25, -0.2) is 0 Å². The lowest BCUT2D eigenvalue weighted by molar-refractivity contribution is -0.122. The number of nitrogen functional groups attached to an aromatic ring is 1. The molecule has 0 bridgehead atoms. The molecule has 1 unspecified atom stereocenters. The molecular weight excluding hydrogens is 278 g/mol. The maximum absolute atomic E-state index is 12.2. The zero-order valence-electron chi connectivity index (χ0n) is 11.8. The number of fused-ring (bicyclic) bond motifs is 1. The van der Waals surface area contributed by atoms with Crippen LogP contribution in [0.4, 0.5) is 5.69 Å². The summed E-state index contributed by atoms with van der Waals surface area (Å²) in [6.45, 7) is 3.47. The van der Waals surface area contributed by atoms with Crippen molar-refractivity contribution in [1.82, 2.24) is 20.4 Å². The summed E-state index contributed by atoms with van der Waals surface area (Å²) in [5.41, 5.74) is 7.23. The predicted molar refractivity (Wildman–Crippen MR) is 78.7 cm³/mol. The molecule has 0 aliphatic heterocycles. The first-order valence-electron chi connectivity index (χ1n) is 6.10. The fourth-order valence-corrected chi connectivity index (χ4v) is 3.13. The summed E-state index contributed by atoms with van der Waals surface area (Å²) in [7, 11) is 3.33. The average Bonchev–Trinajstić information content (AvgIpc) is 2.88. The Labute approximate surface area is 120 Å². The van der Waals surface area contributed by atoms with E-state index in [1.54, 1.807) is 18.7 Å². The Hall–Kier alpha value is -2.09. The molecule has 7 nitrogen and oxygen atoms in total. The molecular formula is C12H17N5O2S. The molecule has 0 spiro atoms. The summed E-state index contributed by atoms with van der Waals surface area (Å²) in [5, 5.41) is 10.2. The SMILES string of the molecule is CNC(=O)C(C)NC(=O)c1sc2c(c(C)nn2C)c1N. The summed E-state index contributed by atoms with van der Waals surface area (Å²) in [4.78, 5) is 24.9. The third kappa shape index (κ3) is 2.22. The van der Waals surface area contributed by atoms with E-state index in [0.717, 1.165) is 15.9 Å². The third-order valence-corrected chi connectivity index (χ3v) is 4.35. The molecule has 2 aromatic heterocycles. The van der Waals surface area contributed by atoms with Crippen LogP contribution in [0.3, 0.4) is 0 Å². The Morgan fingerprint density at radius 1 is 1.45 bits per heavy atom. The second kappa shape index (κ2) is 5.12. The summed E-state index contributed by atoms with van der Waals surface area (Å²) >= 11 is 1.27. The quantitative estimate of drug-likeness (QED) is 0.762. The number of nitrogens with two attached hydrogens (primary N) is 1. The van der Waals surface area contributed by atoms with Gasteiger partial charge in [-0.05, 0) is 13.8 Å². The monoisotopic (exact) mass is 295 g/mol. The molecule has 0 fully saturated rings. The molecule has 20 heavy (non-hydrogen) atoms. The molecule has 1 atom stereocenters. The largest absolute Gasteiger partial charge is 0.397 e. The first kappa shape index (κ1) is 14.3. The van der Waals surface area contributed by atoms with Crippen molar-refractivity contribution in [1.29, 1.82) is 0 Å². The lowest BCUT2D eigenvalue weighted by atomic mass is 10.2. The highest BCUT2D eigenvalue weighted by Gasteiger charge is 2.23. The van der Waals surface area contributed by atoms with Crippen LogP contribution in [0.15, 0.2) is 0 Å². The fraction of sp³-hybridized carbons (Fsp3) is 0.417. The van der Waals surface area contributed by atoms with Crippen LogP contribution in [0.1, 0.15) is 22.3 Å². The molecule has 0 saturated carbocycles. The molecule has 2 aromatic rings. The number of aromatic nitrogens is 2. The summed E-state index contributed by atoms with van der Waals surface area (Å²) < 4.78 is 1.70. The van der Waals surface area contributed by atoms with E-state index < -0.39 is 6.04 Å². The maximum atomic E-state index is 12.2. The van der Waals surface area contributed by atoms with Crippen LogP contribution in [0.2, 0.25) is 0 Å². The standard InChI is InChI=1S/C12H17N5O2S/c1-5-7-8(13)9(20-12(7)17(4)16-5)11(19)15-6(2)10(18)14-3/h6H,13H2,1-4H3,(H,14,18)(H,15,19). The molecule has 0 aliphatic rings. The molecule has 0 radical (unpaired) electrons. The molecule has 4 N–H and O–H groups in total. The summed E-state index contributed by atoms with van der Waals surface area (Å²) in [5.74, 6) is -0.602. The number of aryl methyl sites for hydroxylation is 2. The summed E-state index contributed by atoms with van der Waals surface area (Å²) in [6.07, 6.45) is 0. The Bertz CT molecular complexity index is 688. The lowest BCUT2D eigenvalue weighted by Gasteiger charge is -2.11. The molecule has 0 aliphatic carbocycles. The third-order valence-electron chi connectivity index (χ3n) is 3.08. The highest BCUT2D eigenvalue weighted by Crippen LogP contribution is 2.35. The van der Waals surface area contributed by atoms with Crippen molar-refractivity contribution in [2.75, 3.05) is 12.8 Å². The van der Waals surface area contributed by atoms with Gasteiger partial charge in [-0.1, -0.05) is 0 Å². The zero-order chi connectivity index (χ0) is 15.0. The highest BCUT2D eigenvalue weighted by atomic mass is 32.1. The Morgan fingerprint density at radius 2 is 2.10 bits per heavy atom. The number of hydrogen-bond donors (Lipinski definition) is 3. The van der Waals surface area contributed by atoms with Gasteiger partial charge < -0.3 is 16.4 Å². The number of rotatable bonds is 3. The van der Waals surface area contributed by atoms with Crippen LogP contribution in [-0.4, -0.2) is 34.7 Å². The first-order valence-corrected chi connectivity index (χ1v) is 6.92. The van der Waals surface area contributed by atoms with Crippen LogP contribution >= 0.6 is 11.3 Å². The molecule has 0 saturated heterocycles. The van der Waals surface area contributed by atoms with Crippen molar-refractivity contribution >= 4 is 39.1 Å². The number of anilines is 1. The van der Waals surface area contributed by atoms with E-state index in [0.29, 0.717) is 10.6 Å². The Balaban J connectivity index is 2.34. The molecule has 108 valence electrons. The van der Waals surface area contributed by atoms with Crippen molar-refractivity contribution < 1.29 is 9.59 Å². The van der Waals surface area contributed by atoms with Gasteiger partial charge in [-0.2, -0.15) is 5.10 Å². The van der Waals surface area contributed by atoms with Gasteiger partial charge in [0.25, 0.3) is 5.91 Å². The Morgan fingerprint density at radius 3 is 2.65 bits per heavy atom. The van der Waals surface area contributed by atoms with Crippen LogP contribution in [0, 0.1) is 6.92 Å². The number of carbonyl (C=O) groups excluding carboxylic acids is 2. The molecule has 8 heteroatoms. The lowest BCUT2D eigenvalue weighted by Crippen LogP contribution is -2.43. The minimum atomic E-state index is -0.615. The fourth-order valence-electron chi connectivity index (χ4n) is 2.04. The van der Waals surface area contributed by atoms with Crippen molar-refractivity contribution in [2.24, 2.45) is 7.05 Å². The van der Waals surface area contributed by atoms with Crippen LogP contribution in [0.5, 0.6) is 0 Å². The molecule has 2 heterocycles. The van der Waals surface area contributed by atoms with Crippen LogP contribution in [-0.2, 0) is 11.8 Å².